The second kappa shape index (κ2) is 14.0. The minimum absolute atomic E-state index is 0.0303. The number of esters is 1. The highest BCUT2D eigenvalue weighted by Crippen LogP contribution is 2.12. The average Bonchev–Trinajstić information content (AvgIpc) is 3.06. The van der Waals surface area contributed by atoms with Crippen LogP contribution in [-0.4, -0.2) is 25.2 Å². The van der Waals surface area contributed by atoms with Crippen LogP contribution in [0.1, 0.15) is 96.8 Å². The monoisotopic (exact) mass is 311 g/mol. The third-order valence-electron chi connectivity index (χ3n) is 4.59. The topological polar surface area (TPSA) is 38.3 Å². The summed E-state index contributed by atoms with van der Waals surface area (Å²) in [7, 11) is 0. The van der Waals surface area contributed by atoms with E-state index in [1.54, 1.807) is 0 Å². The van der Waals surface area contributed by atoms with Crippen molar-refractivity contribution in [2.24, 2.45) is 0 Å². The van der Waals surface area contributed by atoms with E-state index >= 15 is 0 Å². The Morgan fingerprint density at radius 3 is 1.95 bits per heavy atom. The summed E-state index contributed by atoms with van der Waals surface area (Å²) in [5, 5.41) is 3.18. The Morgan fingerprint density at radius 2 is 1.45 bits per heavy atom. The number of hydrogen-bond donors (Lipinski definition) is 1. The van der Waals surface area contributed by atoms with Gasteiger partial charge >= 0.3 is 5.97 Å². The summed E-state index contributed by atoms with van der Waals surface area (Å²) in [5.41, 5.74) is 0. The number of carbonyl (C=O) groups is 1. The van der Waals surface area contributed by atoms with Gasteiger partial charge in [0.15, 0.2) is 0 Å². The van der Waals surface area contributed by atoms with Crippen molar-refractivity contribution >= 4 is 5.97 Å². The van der Waals surface area contributed by atoms with Crippen LogP contribution < -0.4 is 5.32 Å². The molecule has 1 atom stereocenters. The first-order valence-electron chi connectivity index (χ1n) is 9.74. The number of ether oxygens (including phenoxy) is 1. The highest BCUT2D eigenvalue weighted by molar-refractivity contribution is 5.76. The summed E-state index contributed by atoms with van der Waals surface area (Å²) in [4.78, 5) is 11.7. The van der Waals surface area contributed by atoms with Crippen molar-refractivity contribution in [1.82, 2.24) is 5.32 Å². The standard InChI is InChI=1S/C19H37NO2/c1-2-3-4-5-6-7-8-9-10-11-12-13-17-22-19(21)18-15-14-16-20-18/h18,20H,2-17H2,1H3/t18-/m0/s1. The van der Waals surface area contributed by atoms with E-state index < -0.39 is 0 Å². The van der Waals surface area contributed by atoms with Crippen molar-refractivity contribution in [2.75, 3.05) is 13.2 Å². The molecular formula is C19H37NO2. The van der Waals surface area contributed by atoms with Gasteiger partial charge in [0.2, 0.25) is 0 Å². The Morgan fingerprint density at radius 1 is 0.909 bits per heavy atom. The molecule has 0 bridgehead atoms. The maximum atomic E-state index is 11.7. The lowest BCUT2D eigenvalue weighted by molar-refractivity contribution is -0.145. The predicted octanol–water partition coefficient (Wildman–Crippen LogP) is 4.98. The van der Waals surface area contributed by atoms with Crippen LogP contribution >= 0.6 is 0 Å². The maximum absolute atomic E-state index is 11.7. The van der Waals surface area contributed by atoms with Crippen molar-refractivity contribution in [3.63, 3.8) is 0 Å². The van der Waals surface area contributed by atoms with Crippen molar-refractivity contribution in [3.8, 4) is 0 Å². The molecule has 0 radical (unpaired) electrons. The molecule has 1 saturated heterocycles. The number of nitrogens with one attached hydrogen (secondary N) is 1. The van der Waals surface area contributed by atoms with Crippen LogP contribution in [0.2, 0.25) is 0 Å². The summed E-state index contributed by atoms with van der Waals surface area (Å²) in [6.45, 7) is 3.83. The molecule has 1 heterocycles. The Balaban J connectivity index is 1.73. The SMILES string of the molecule is CCCCCCCCCCCCCCOC(=O)[C@@H]1CCCN1. The molecule has 1 rings (SSSR count). The van der Waals surface area contributed by atoms with Gasteiger partial charge in [-0.05, 0) is 25.8 Å². The number of hydrogen-bond acceptors (Lipinski definition) is 3. The molecule has 1 fully saturated rings. The summed E-state index contributed by atoms with van der Waals surface area (Å²) >= 11 is 0. The molecule has 22 heavy (non-hydrogen) atoms. The van der Waals surface area contributed by atoms with Crippen LogP contribution in [0.5, 0.6) is 0 Å². The normalized spacial score (nSPS) is 17.8. The third kappa shape index (κ3) is 10.2. The first-order chi connectivity index (χ1) is 10.8. The summed E-state index contributed by atoms with van der Waals surface area (Å²) in [5.74, 6) is -0.0411. The Hall–Kier alpha value is -0.570. The van der Waals surface area contributed by atoms with Gasteiger partial charge in [-0.1, -0.05) is 77.6 Å². The zero-order chi connectivity index (χ0) is 15.9. The molecule has 3 nitrogen and oxygen atoms in total. The predicted molar refractivity (Wildman–Crippen MR) is 93.1 cm³/mol. The van der Waals surface area contributed by atoms with Crippen LogP contribution in [-0.2, 0) is 9.53 Å². The van der Waals surface area contributed by atoms with Gasteiger partial charge in [-0.25, -0.2) is 0 Å². The molecule has 0 unspecified atom stereocenters. The lowest BCUT2D eigenvalue weighted by atomic mass is 10.1. The molecule has 0 spiro atoms. The average molecular weight is 312 g/mol. The molecular weight excluding hydrogens is 274 g/mol. The van der Waals surface area contributed by atoms with Crippen LogP contribution in [0.4, 0.5) is 0 Å². The van der Waals surface area contributed by atoms with Crippen LogP contribution in [0.3, 0.4) is 0 Å². The van der Waals surface area contributed by atoms with E-state index in [9.17, 15) is 4.79 Å². The van der Waals surface area contributed by atoms with Crippen molar-refractivity contribution in [2.45, 2.75) is 103 Å². The van der Waals surface area contributed by atoms with E-state index in [1.165, 1.54) is 70.6 Å². The summed E-state index contributed by atoms with van der Waals surface area (Å²) < 4.78 is 5.32. The van der Waals surface area contributed by atoms with E-state index in [0.29, 0.717) is 6.61 Å². The lowest BCUT2D eigenvalue weighted by Crippen LogP contribution is -2.32. The number of rotatable bonds is 14. The zero-order valence-corrected chi connectivity index (χ0v) is 14.7. The largest absolute Gasteiger partial charge is 0.465 e. The van der Waals surface area contributed by atoms with E-state index in [2.05, 4.69) is 12.2 Å². The third-order valence-corrected chi connectivity index (χ3v) is 4.59. The van der Waals surface area contributed by atoms with E-state index in [1.807, 2.05) is 0 Å². The van der Waals surface area contributed by atoms with E-state index in [4.69, 9.17) is 4.74 Å². The molecule has 0 saturated carbocycles. The molecule has 1 aliphatic heterocycles. The fourth-order valence-electron chi connectivity index (χ4n) is 3.10. The number of carbonyl (C=O) groups excluding carboxylic acids is 1. The fraction of sp³-hybridized carbons (Fsp3) is 0.947. The second-order valence-corrected chi connectivity index (χ2v) is 6.71. The van der Waals surface area contributed by atoms with Crippen LogP contribution in [0.25, 0.3) is 0 Å². The van der Waals surface area contributed by atoms with Crippen LogP contribution in [0, 0.1) is 0 Å². The Kier molecular flexibility index (Phi) is 12.4. The van der Waals surface area contributed by atoms with Crippen LogP contribution in [0.15, 0.2) is 0 Å². The van der Waals surface area contributed by atoms with Gasteiger partial charge in [0, 0.05) is 0 Å². The molecule has 130 valence electrons. The molecule has 1 aliphatic rings. The van der Waals surface area contributed by atoms with Gasteiger partial charge in [0.25, 0.3) is 0 Å². The zero-order valence-electron chi connectivity index (χ0n) is 14.7. The van der Waals surface area contributed by atoms with Gasteiger partial charge in [0.1, 0.15) is 6.04 Å². The highest BCUT2D eigenvalue weighted by atomic mass is 16.5. The number of unbranched alkanes of at least 4 members (excludes halogenated alkanes) is 11. The first-order valence-corrected chi connectivity index (χ1v) is 9.74. The van der Waals surface area contributed by atoms with Gasteiger partial charge in [-0.15, -0.1) is 0 Å². The molecule has 0 aromatic carbocycles. The van der Waals surface area contributed by atoms with Crippen molar-refractivity contribution in [1.29, 1.82) is 0 Å². The molecule has 0 amide bonds. The van der Waals surface area contributed by atoms with Gasteiger partial charge in [-0.2, -0.15) is 0 Å². The summed E-state index contributed by atoms with van der Waals surface area (Å²) in [6.07, 6.45) is 18.1. The van der Waals surface area contributed by atoms with E-state index in [-0.39, 0.29) is 12.0 Å². The molecule has 3 heteroatoms. The second-order valence-electron chi connectivity index (χ2n) is 6.71. The molecule has 0 aromatic rings. The van der Waals surface area contributed by atoms with Gasteiger partial charge < -0.3 is 10.1 Å². The fourth-order valence-corrected chi connectivity index (χ4v) is 3.10. The van der Waals surface area contributed by atoms with Crippen molar-refractivity contribution < 1.29 is 9.53 Å². The molecule has 1 N–H and O–H groups in total. The van der Waals surface area contributed by atoms with E-state index in [0.717, 1.165) is 25.8 Å². The Labute approximate surface area is 137 Å². The minimum Gasteiger partial charge on any atom is -0.465 e. The molecule has 0 aliphatic carbocycles. The minimum atomic E-state index is -0.0411. The quantitative estimate of drug-likeness (QED) is 0.363. The molecule has 0 aromatic heterocycles. The van der Waals surface area contributed by atoms with Gasteiger partial charge in [0.05, 0.1) is 6.61 Å². The Bertz CT molecular complexity index is 262. The highest BCUT2D eigenvalue weighted by Gasteiger charge is 2.22. The maximum Gasteiger partial charge on any atom is 0.323 e. The smallest absolute Gasteiger partial charge is 0.323 e. The summed E-state index contributed by atoms with van der Waals surface area (Å²) in [6, 6.07) is -0.0303. The lowest BCUT2D eigenvalue weighted by Gasteiger charge is -2.10. The first kappa shape index (κ1) is 19.5. The van der Waals surface area contributed by atoms with Crippen molar-refractivity contribution in [3.05, 3.63) is 0 Å². The van der Waals surface area contributed by atoms with Gasteiger partial charge in [-0.3, -0.25) is 4.79 Å².